The van der Waals surface area contributed by atoms with Gasteiger partial charge in [0.15, 0.2) is 0 Å². The molecule has 0 aromatic heterocycles. The zero-order chi connectivity index (χ0) is 13.5. The van der Waals surface area contributed by atoms with E-state index in [2.05, 4.69) is 11.1 Å². The van der Waals surface area contributed by atoms with E-state index in [0.717, 1.165) is 16.1 Å². The maximum Gasteiger partial charge on any atom is 0.416 e. The predicted octanol–water partition coefficient (Wildman–Crippen LogP) is 1.81. The summed E-state index contributed by atoms with van der Waals surface area (Å²) in [5.74, 6) is 0. The minimum atomic E-state index is -4.44. The van der Waals surface area contributed by atoms with Crippen molar-refractivity contribution in [3.63, 3.8) is 0 Å². The minimum Gasteiger partial charge on any atom is -0.246 e. The van der Waals surface area contributed by atoms with Gasteiger partial charge in [0.25, 0.3) is 0 Å². The van der Waals surface area contributed by atoms with Crippen LogP contribution in [0.15, 0.2) is 18.2 Å². The van der Waals surface area contributed by atoms with Gasteiger partial charge in [-0.2, -0.15) is 13.2 Å². The van der Waals surface area contributed by atoms with E-state index in [-0.39, 0.29) is 11.3 Å². The van der Waals surface area contributed by atoms with Crippen LogP contribution in [-0.2, 0) is 6.18 Å². The van der Waals surface area contributed by atoms with E-state index < -0.39 is 17.8 Å². The lowest BCUT2D eigenvalue weighted by Crippen LogP contribution is -2.38. The number of hydrazine groups is 3. The summed E-state index contributed by atoms with van der Waals surface area (Å²) in [5, 5.41) is 2.14. The molecule has 18 heavy (non-hydrogen) atoms. The average Bonchev–Trinajstić information content (AvgIpc) is 2.59. The highest BCUT2D eigenvalue weighted by molar-refractivity contribution is 5.92. The van der Waals surface area contributed by atoms with Crippen molar-refractivity contribution in [2.24, 2.45) is 0 Å². The molecule has 0 atom stereocenters. The van der Waals surface area contributed by atoms with E-state index in [9.17, 15) is 18.0 Å². The first-order chi connectivity index (χ1) is 8.32. The van der Waals surface area contributed by atoms with Crippen LogP contribution in [0.5, 0.6) is 0 Å². The molecule has 0 aliphatic carbocycles. The first kappa shape index (κ1) is 12.7. The number of halogens is 3. The Morgan fingerprint density at radius 1 is 1.22 bits per heavy atom. The quantitative estimate of drug-likeness (QED) is 0.809. The highest BCUT2D eigenvalue weighted by atomic mass is 19.4. The second kappa shape index (κ2) is 4.14. The second-order valence-corrected chi connectivity index (χ2v) is 3.85. The summed E-state index contributed by atoms with van der Waals surface area (Å²) < 4.78 is 38.2. The number of urea groups is 1. The fraction of sp³-hybridized carbons (Fsp3) is 0.300. The third-order valence-electron chi connectivity index (χ3n) is 2.66. The monoisotopic (exact) mass is 260 g/mol. The molecule has 0 saturated carbocycles. The van der Waals surface area contributed by atoms with Crippen molar-refractivity contribution in [2.45, 2.75) is 13.1 Å². The molecule has 0 radical (unpaired) electrons. The van der Waals surface area contributed by atoms with Crippen LogP contribution in [-0.4, -0.2) is 18.1 Å². The molecule has 98 valence electrons. The highest BCUT2D eigenvalue weighted by Crippen LogP contribution is 2.35. The molecule has 1 aromatic carbocycles. The van der Waals surface area contributed by atoms with Gasteiger partial charge in [0.1, 0.15) is 0 Å². The Morgan fingerprint density at radius 2 is 1.89 bits per heavy atom. The molecule has 0 spiro atoms. The Bertz CT molecular complexity index is 489. The molecule has 2 amide bonds. The number of benzene rings is 1. The number of anilines is 1. The van der Waals surface area contributed by atoms with E-state index >= 15 is 0 Å². The second-order valence-electron chi connectivity index (χ2n) is 3.85. The molecule has 1 aliphatic rings. The van der Waals surface area contributed by atoms with Crippen LogP contribution in [0.1, 0.15) is 11.1 Å². The predicted molar refractivity (Wildman–Crippen MR) is 58.1 cm³/mol. The summed E-state index contributed by atoms with van der Waals surface area (Å²) in [4.78, 5) is 11.7. The summed E-state index contributed by atoms with van der Waals surface area (Å²) >= 11 is 0. The summed E-state index contributed by atoms with van der Waals surface area (Å²) in [6.07, 6.45) is -4.44. The normalized spacial score (nSPS) is 16.6. The van der Waals surface area contributed by atoms with E-state index in [4.69, 9.17) is 0 Å². The van der Waals surface area contributed by atoms with Crippen LogP contribution in [0.25, 0.3) is 0 Å². The first-order valence-electron chi connectivity index (χ1n) is 5.08. The number of hydrogen-bond acceptors (Lipinski definition) is 3. The standard InChI is InChI=1S/C10H11F3N4O/c1-6-7(10(11,12)13)4-3-5-8(6)17-9(18)16(2)14-15-17/h3-5,14-15H,1-2H3. The molecule has 0 unspecified atom stereocenters. The summed E-state index contributed by atoms with van der Waals surface area (Å²) in [5.41, 5.74) is 4.35. The van der Waals surface area contributed by atoms with Gasteiger partial charge in [-0.05, 0) is 24.6 Å². The van der Waals surface area contributed by atoms with Crippen molar-refractivity contribution >= 4 is 11.7 Å². The molecule has 5 nitrogen and oxygen atoms in total. The zero-order valence-electron chi connectivity index (χ0n) is 9.67. The number of alkyl halides is 3. The molecular formula is C10H11F3N4O. The van der Waals surface area contributed by atoms with Gasteiger partial charge in [0, 0.05) is 7.05 Å². The maximum absolute atomic E-state index is 12.7. The lowest BCUT2D eigenvalue weighted by Gasteiger charge is -2.19. The molecule has 1 aliphatic heterocycles. The molecule has 8 heteroatoms. The van der Waals surface area contributed by atoms with Gasteiger partial charge in [0.05, 0.1) is 11.3 Å². The average molecular weight is 260 g/mol. The smallest absolute Gasteiger partial charge is 0.246 e. The van der Waals surface area contributed by atoms with E-state index in [0.29, 0.717) is 0 Å². The minimum absolute atomic E-state index is 0.0112. The van der Waals surface area contributed by atoms with Gasteiger partial charge in [-0.15, -0.1) is 11.1 Å². The Hall–Kier alpha value is -1.80. The number of nitrogens with one attached hydrogen (secondary N) is 2. The van der Waals surface area contributed by atoms with Crippen molar-refractivity contribution in [3.05, 3.63) is 29.3 Å². The van der Waals surface area contributed by atoms with Gasteiger partial charge >= 0.3 is 12.2 Å². The van der Waals surface area contributed by atoms with Gasteiger partial charge in [0.2, 0.25) is 0 Å². The number of rotatable bonds is 1. The van der Waals surface area contributed by atoms with E-state index in [1.165, 1.54) is 26.1 Å². The topological polar surface area (TPSA) is 47.6 Å². The van der Waals surface area contributed by atoms with Gasteiger partial charge in [-0.25, -0.2) is 14.8 Å². The summed E-state index contributed by atoms with van der Waals surface area (Å²) in [6.45, 7) is 1.32. The van der Waals surface area contributed by atoms with Crippen molar-refractivity contribution in [1.82, 2.24) is 16.1 Å². The Labute approximate surface area is 101 Å². The molecule has 2 N–H and O–H groups in total. The maximum atomic E-state index is 12.7. The zero-order valence-corrected chi connectivity index (χ0v) is 9.67. The lowest BCUT2D eigenvalue weighted by molar-refractivity contribution is -0.138. The third kappa shape index (κ3) is 2.00. The molecule has 1 heterocycles. The highest BCUT2D eigenvalue weighted by Gasteiger charge is 2.35. The van der Waals surface area contributed by atoms with Crippen LogP contribution in [0.3, 0.4) is 0 Å². The van der Waals surface area contributed by atoms with Gasteiger partial charge in [-0.1, -0.05) is 6.07 Å². The van der Waals surface area contributed by atoms with Crippen molar-refractivity contribution in [3.8, 4) is 0 Å². The molecule has 2 rings (SSSR count). The van der Waals surface area contributed by atoms with Crippen LogP contribution in [0, 0.1) is 6.92 Å². The van der Waals surface area contributed by atoms with Crippen LogP contribution in [0.2, 0.25) is 0 Å². The molecule has 1 aromatic rings. The van der Waals surface area contributed by atoms with Crippen LogP contribution >= 0.6 is 0 Å². The number of carbonyl (C=O) groups is 1. The number of nitrogens with zero attached hydrogens (tertiary/aromatic N) is 2. The lowest BCUT2D eigenvalue weighted by atomic mass is 10.1. The summed E-state index contributed by atoms with van der Waals surface area (Å²) in [7, 11) is 1.46. The van der Waals surface area contributed by atoms with E-state index in [1.807, 2.05) is 0 Å². The van der Waals surface area contributed by atoms with Crippen molar-refractivity contribution in [2.75, 3.05) is 12.1 Å². The molecular weight excluding hydrogens is 249 g/mol. The Balaban J connectivity index is 2.44. The SMILES string of the molecule is Cc1c(N2NNN(C)C2=O)cccc1C(F)(F)F. The Morgan fingerprint density at radius 3 is 2.39 bits per heavy atom. The number of carbonyl (C=O) groups excluding carboxylic acids is 1. The van der Waals surface area contributed by atoms with Gasteiger partial charge < -0.3 is 0 Å². The summed E-state index contributed by atoms with van der Waals surface area (Å²) in [6, 6.07) is 3.20. The molecule has 1 fully saturated rings. The van der Waals surface area contributed by atoms with Gasteiger partial charge in [-0.3, -0.25) is 0 Å². The van der Waals surface area contributed by atoms with Crippen molar-refractivity contribution in [1.29, 1.82) is 0 Å². The van der Waals surface area contributed by atoms with Crippen LogP contribution < -0.4 is 16.1 Å². The van der Waals surface area contributed by atoms with E-state index in [1.54, 1.807) is 0 Å². The molecule has 1 saturated heterocycles. The Kier molecular flexibility index (Phi) is 2.91. The first-order valence-corrected chi connectivity index (χ1v) is 5.08. The number of amides is 2. The van der Waals surface area contributed by atoms with Crippen LogP contribution in [0.4, 0.5) is 23.7 Å². The van der Waals surface area contributed by atoms with Crippen molar-refractivity contribution < 1.29 is 18.0 Å². The molecule has 0 bridgehead atoms. The fourth-order valence-corrected chi connectivity index (χ4v) is 1.71. The largest absolute Gasteiger partial charge is 0.416 e. The number of hydrogen-bond donors (Lipinski definition) is 2. The fourth-order valence-electron chi connectivity index (χ4n) is 1.71. The third-order valence-corrected chi connectivity index (χ3v) is 2.66.